The minimum Gasteiger partial charge on any atom is -0.357 e. The van der Waals surface area contributed by atoms with E-state index in [9.17, 15) is 0 Å². The lowest BCUT2D eigenvalue weighted by Crippen LogP contribution is -2.15. The molecule has 5 rings (SSSR count). The number of anilines is 1. The first-order chi connectivity index (χ1) is 14.7. The van der Waals surface area contributed by atoms with Crippen LogP contribution in [-0.2, 0) is 0 Å². The zero-order chi connectivity index (χ0) is 20.5. The van der Waals surface area contributed by atoms with Crippen molar-refractivity contribution in [2.45, 2.75) is 19.9 Å². The van der Waals surface area contributed by atoms with E-state index in [0.717, 1.165) is 38.0 Å². The molecular formula is C24H20N4S2. The van der Waals surface area contributed by atoms with E-state index in [0.29, 0.717) is 0 Å². The van der Waals surface area contributed by atoms with Crippen molar-refractivity contribution in [2.75, 3.05) is 5.32 Å². The molecule has 1 N–H and O–H groups in total. The molecule has 0 amide bonds. The summed E-state index contributed by atoms with van der Waals surface area (Å²) < 4.78 is 0. The zero-order valence-corrected chi connectivity index (χ0v) is 18.3. The van der Waals surface area contributed by atoms with Crippen LogP contribution in [0.15, 0.2) is 72.2 Å². The Morgan fingerprint density at radius 2 is 1.73 bits per heavy atom. The second-order valence-corrected chi connectivity index (χ2v) is 9.23. The molecule has 0 aliphatic heterocycles. The molecule has 4 aromatic heterocycles. The summed E-state index contributed by atoms with van der Waals surface area (Å²) >= 11 is 3.38. The molecule has 148 valence electrons. The van der Waals surface area contributed by atoms with Crippen LogP contribution in [0.4, 0.5) is 5.82 Å². The Labute approximate surface area is 183 Å². The Bertz CT molecular complexity index is 1240. The lowest BCUT2D eigenvalue weighted by atomic mass is 10.0. The van der Waals surface area contributed by atoms with E-state index in [4.69, 9.17) is 9.97 Å². The van der Waals surface area contributed by atoms with E-state index in [1.807, 2.05) is 30.5 Å². The fraction of sp³-hybridized carbons (Fsp3) is 0.125. The molecule has 0 saturated heterocycles. The Morgan fingerprint density at radius 3 is 2.47 bits per heavy atom. The van der Waals surface area contributed by atoms with E-state index in [2.05, 4.69) is 65.9 Å². The minimum absolute atomic E-state index is 0.110. The topological polar surface area (TPSA) is 50.7 Å². The molecule has 0 radical (unpaired) electrons. The Balaban J connectivity index is 1.69. The van der Waals surface area contributed by atoms with Crippen molar-refractivity contribution in [3.8, 4) is 10.7 Å². The number of pyridine rings is 1. The van der Waals surface area contributed by atoms with Gasteiger partial charge in [0.05, 0.1) is 22.0 Å². The van der Waals surface area contributed by atoms with Crippen molar-refractivity contribution in [3.63, 3.8) is 0 Å². The van der Waals surface area contributed by atoms with Gasteiger partial charge in [-0.05, 0) is 48.6 Å². The van der Waals surface area contributed by atoms with Crippen LogP contribution in [-0.4, -0.2) is 15.0 Å². The van der Waals surface area contributed by atoms with E-state index >= 15 is 0 Å². The zero-order valence-electron chi connectivity index (χ0n) is 16.7. The summed E-state index contributed by atoms with van der Waals surface area (Å²) in [5, 5.41) is 6.86. The Hall–Kier alpha value is -3.09. The van der Waals surface area contributed by atoms with Crippen molar-refractivity contribution in [3.05, 3.63) is 93.9 Å². The number of nitrogens with zero attached hydrogens (tertiary/aromatic N) is 3. The maximum Gasteiger partial charge on any atom is 0.173 e. The molecule has 0 fully saturated rings. The van der Waals surface area contributed by atoms with Crippen LogP contribution < -0.4 is 5.32 Å². The second-order valence-electron chi connectivity index (χ2n) is 7.08. The van der Waals surface area contributed by atoms with Crippen LogP contribution in [0.1, 0.15) is 27.7 Å². The fourth-order valence-electron chi connectivity index (χ4n) is 3.53. The number of nitrogens with one attached hydrogen (secondary N) is 1. The molecule has 0 bridgehead atoms. The standard InChI is InChI=1S/C24H20N4S2/c1-15-16(2)30-24-20(15)23(27-22(28-24)19-12-8-14-29-19)26-21(17-9-4-3-5-10-17)18-11-6-7-13-25-18/h3-14,21H,1-2H3,(H,26,27,28). The summed E-state index contributed by atoms with van der Waals surface area (Å²) in [5.74, 6) is 1.61. The van der Waals surface area contributed by atoms with Crippen molar-refractivity contribution in [2.24, 2.45) is 0 Å². The molecule has 30 heavy (non-hydrogen) atoms. The molecule has 1 aromatic carbocycles. The lowest BCUT2D eigenvalue weighted by Gasteiger charge is -2.20. The fourth-order valence-corrected chi connectivity index (χ4v) is 5.21. The molecule has 0 saturated carbocycles. The Morgan fingerprint density at radius 1 is 0.900 bits per heavy atom. The lowest BCUT2D eigenvalue weighted by molar-refractivity contribution is 0.880. The monoisotopic (exact) mass is 428 g/mol. The van der Waals surface area contributed by atoms with E-state index in [1.165, 1.54) is 10.4 Å². The van der Waals surface area contributed by atoms with Crippen LogP contribution in [0.2, 0.25) is 0 Å². The molecular weight excluding hydrogens is 408 g/mol. The maximum atomic E-state index is 4.98. The SMILES string of the molecule is Cc1sc2nc(-c3cccs3)nc(NC(c3ccccc3)c3ccccn3)c2c1C. The van der Waals surface area contributed by atoms with Crippen molar-refractivity contribution < 1.29 is 0 Å². The summed E-state index contributed by atoms with van der Waals surface area (Å²) in [6.07, 6.45) is 1.83. The number of aromatic nitrogens is 3. The number of benzene rings is 1. The highest BCUT2D eigenvalue weighted by molar-refractivity contribution is 7.19. The molecule has 6 heteroatoms. The van der Waals surface area contributed by atoms with Gasteiger partial charge in [-0.1, -0.05) is 42.5 Å². The third kappa shape index (κ3) is 3.49. The first kappa shape index (κ1) is 18.9. The first-order valence-corrected chi connectivity index (χ1v) is 11.4. The van der Waals surface area contributed by atoms with Crippen LogP contribution in [0.5, 0.6) is 0 Å². The van der Waals surface area contributed by atoms with Gasteiger partial charge < -0.3 is 5.32 Å². The van der Waals surface area contributed by atoms with Crippen molar-refractivity contribution >= 4 is 38.7 Å². The summed E-state index contributed by atoms with van der Waals surface area (Å²) in [4.78, 5) is 17.8. The average Bonchev–Trinajstić information content (AvgIpc) is 3.42. The predicted molar refractivity (Wildman–Crippen MR) is 126 cm³/mol. The largest absolute Gasteiger partial charge is 0.357 e. The van der Waals surface area contributed by atoms with E-state index < -0.39 is 0 Å². The highest BCUT2D eigenvalue weighted by Gasteiger charge is 2.21. The molecule has 4 nitrogen and oxygen atoms in total. The van der Waals surface area contributed by atoms with Gasteiger partial charge in [-0.3, -0.25) is 4.98 Å². The smallest absolute Gasteiger partial charge is 0.173 e. The number of aryl methyl sites for hydroxylation is 2. The van der Waals surface area contributed by atoms with Gasteiger partial charge in [-0.2, -0.15) is 0 Å². The van der Waals surface area contributed by atoms with Gasteiger partial charge in [0.25, 0.3) is 0 Å². The predicted octanol–water partition coefficient (Wildman–Crippen LogP) is 6.63. The Kier molecular flexibility index (Phi) is 5.02. The van der Waals surface area contributed by atoms with Crippen LogP contribution in [0.25, 0.3) is 20.9 Å². The summed E-state index contributed by atoms with van der Waals surface area (Å²) in [6, 6.07) is 20.4. The van der Waals surface area contributed by atoms with Gasteiger partial charge in [-0.15, -0.1) is 22.7 Å². The van der Waals surface area contributed by atoms with Gasteiger partial charge in [0.2, 0.25) is 0 Å². The van der Waals surface area contributed by atoms with Crippen LogP contribution in [0.3, 0.4) is 0 Å². The molecule has 0 aliphatic rings. The van der Waals surface area contributed by atoms with Crippen LogP contribution in [0, 0.1) is 13.8 Å². The van der Waals surface area contributed by atoms with Gasteiger partial charge in [0.1, 0.15) is 10.6 Å². The van der Waals surface area contributed by atoms with Gasteiger partial charge in [-0.25, -0.2) is 9.97 Å². The number of hydrogen-bond acceptors (Lipinski definition) is 6. The number of rotatable bonds is 5. The molecule has 5 aromatic rings. The summed E-state index contributed by atoms with van der Waals surface area (Å²) in [6.45, 7) is 4.29. The van der Waals surface area contributed by atoms with Gasteiger partial charge in [0, 0.05) is 11.1 Å². The third-order valence-corrected chi connectivity index (χ3v) is 7.13. The summed E-state index contributed by atoms with van der Waals surface area (Å²) in [5.41, 5.74) is 3.33. The highest BCUT2D eigenvalue weighted by atomic mass is 32.1. The maximum absolute atomic E-state index is 4.98. The van der Waals surface area contributed by atoms with E-state index in [-0.39, 0.29) is 6.04 Å². The normalized spacial score (nSPS) is 12.2. The minimum atomic E-state index is -0.110. The number of hydrogen-bond donors (Lipinski definition) is 1. The highest BCUT2D eigenvalue weighted by Crippen LogP contribution is 2.37. The van der Waals surface area contributed by atoms with Crippen molar-refractivity contribution in [1.29, 1.82) is 0 Å². The first-order valence-electron chi connectivity index (χ1n) is 9.75. The molecule has 1 unspecified atom stereocenters. The second kappa shape index (κ2) is 7.97. The summed E-state index contributed by atoms with van der Waals surface area (Å²) in [7, 11) is 0. The molecule has 0 spiro atoms. The number of thiophene rings is 2. The molecule has 1 atom stereocenters. The number of fused-ring (bicyclic) bond motifs is 1. The van der Waals surface area contributed by atoms with Crippen molar-refractivity contribution in [1.82, 2.24) is 15.0 Å². The van der Waals surface area contributed by atoms with Gasteiger partial charge >= 0.3 is 0 Å². The third-order valence-electron chi connectivity index (χ3n) is 5.17. The quantitative estimate of drug-likeness (QED) is 0.341. The van der Waals surface area contributed by atoms with Crippen LogP contribution >= 0.6 is 22.7 Å². The average molecular weight is 429 g/mol. The molecule has 0 aliphatic carbocycles. The van der Waals surface area contributed by atoms with Gasteiger partial charge in [0.15, 0.2) is 5.82 Å². The van der Waals surface area contributed by atoms with E-state index in [1.54, 1.807) is 22.7 Å². The molecule has 4 heterocycles.